The Morgan fingerprint density at radius 2 is 2.00 bits per heavy atom. The van der Waals surface area contributed by atoms with Gasteiger partial charge in [-0.1, -0.05) is 24.4 Å². The molecule has 4 heterocycles. The molecule has 0 aliphatic heterocycles. The minimum absolute atomic E-state index is 0.148. The molecule has 4 aromatic heterocycles. The van der Waals surface area contributed by atoms with E-state index in [0.717, 1.165) is 29.6 Å². The number of alkyl halides is 3. The lowest BCUT2D eigenvalue weighted by Gasteiger charge is -2.23. The third-order valence-corrected chi connectivity index (χ3v) is 6.34. The molecular formula is C23H23ClF3N7O2. The van der Waals surface area contributed by atoms with E-state index in [-0.39, 0.29) is 23.3 Å². The fourth-order valence-corrected chi connectivity index (χ4v) is 4.77. The molecule has 1 saturated carbocycles. The Morgan fingerprint density at radius 3 is 2.67 bits per heavy atom. The largest absolute Gasteiger partial charge is 0.446 e. The highest BCUT2D eigenvalue weighted by Gasteiger charge is 2.28. The van der Waals surface area contributed by atoms with Gasteiger partial charge < -0.3 is 11.1 Å². The Morgan fingerprint density at radius 1 is 1.31 bits per heavy atom. The fraction of sp³-hybridized carbons (Fsp3) is 0.348. The molecule has 1 aliphatic carbocycles. The molecule has 190 valence electrons. The Balaban J connectivity index is 0.000000455. The van der Waals surface area contributed by atoms with Gasteiger partial charge in [-0.3, -0.25) is 9.59 Å². The van der Waals surface area contributed by atoms with Crippen molar-refractivity contribution in [3.05, 3.63) is 58.6 Å². The van der Waals surface area contributed by atoms with Gasteiger partial charge >= 0.3 is 6.18 Å². The third kappa shape index (κ3) is 5.13. The summed E-state index contributed by atoms with van der Waals surface area (Å²) < 4.78 is 34.7. The van der Waals surface area contributed by atoms with Crippen LogP contribution in [0.25, 0.3) is 11.2 Å². The molecule has 0 bridgehead atoms. The number of amides is 1. The highest BCUT2D eigenvalue weighted by molar-refractivity contribution is 6.33. The standard InChI is InChI=1S/C21H22ClN7O.C2HF3O/c1-12(26-21(30)17-19(23)27-28-10-4-8-24-20(17)28)14-11-15(22)16-7-9-25-29(16)18(14)13-5-2-3-6-13;3-2(4,5)1-6/h4,7-13H,2-3,5-6H2,1H3,(H2,23,27)(H,26,30);1H. The summed E-state index contributed by atoms with van der Waals surface area (Å²) >= 11 is 6.55. The van der Waals surface area contributed by atoms with Crippen LogP contribution in [0, 0.1) is 0 Å². The van der Waals surface area contributed by atoms with E-state index in [1.807, 2.05) is 23.6 Å². The van der Waals surface area contributed by atoms with Gasteiger partial charge in [0, 0.05) is 18.3 Å². The Bertz CT molecular complexity index is 1410. The van der Waals surface area contributed by atoms with Crippen LogP contribution in [-0.2, 0) is 4.79 Å². The number of halogens is 4. The molecule has 1 amide bonds. The van der Waals surface area contributed by atoms with E-state index in [0.29, 0.717) is 16.6 Å². The van der Waals surface area contributed by atoms with Gasteiger partial charge in [-0.25, -0.2) is 14.0 Å². The number of nitrogens with one attached hydrogen (secondary N) is 1. The fourth-order valence-electron chi connectivity index (χ4n) is 4.51. The molecule has 1 unspecified atom stereocenters. The van der Waals surface area contributed by atoms with Crippen molar-refractivity contribution in [2.75, 3.05) is 5.73 Å². The van der Waals surface area contributed by atoms with Crippen molar-refractivity contribution in [3.8, 4) is 0 Å². The second kappa shape index (κ2) is 10.1. The second-order valence-corrected chi connectivity index (χ2v) is 8.85. The molecule has 1 aliphatic rings. The molecule has 0 saturated heterocycles. The smallest absolute Gasteiger partial charge is 0.381 e. The number of fused-ring (bicyclic) bond motifs is 2. The Hall–Kier alpha value is -3.67. The van der Waals surface area contributed by atoms with Crippen LogP contribution in [-0.4, -0.2) is 42.6 Å². The molecule has 5 rings (SSSR count). The minimum atomic E-state index is -4.64. The van der Waals surface area contributed by atoms with Crippen LogP contribution in [0.5, 0.6) is 0 Å². The van der Waals surface area contributed by atoms with Crippen molar-refractivity contribution in [1.82, 2.24) is 29.5 Å². The summed E-state index contributed by atoms with van der Waals surface area (Å²) in [6.45, 7) is 1.95. The first-order chi connectivity index (χ1) is 17.1. The number of nitrogen functional groups attached to an aromatic ring is 1. The molecule has 1 fully saturated rings. The Kier molecular flexibility index (Phi) is 7.16. The molecular weight excluding hydrogens is 499 g/mol. The van der Waals surface area contributed by atoms with E-state index in [1.165, 1.54) is 17.4 Å². The van der Waals surface area contributed by atoms with Gasteiger partial charge in [0.2, 0.25) is 6.29 Å². The molecule has 0 aromatic carbocycles. The first kappa shape index (κ1) is 25.4. The van der Waals surface area contributed by atoms with Crippen LogP contribution < -0.4 is 11.1 Å². The number of anilines is 1. The summed E-state index contributed by atoms with van der Waals surface area (Å²) in [5.74, 6) is 0.223. The summed E-state index contributed by atoms with van der Waals surface area (Å²) in [4.78, 5) is 26.1. The Labute approximate surface area is 208 Å². The zero-order chi connectivity index (χ0) is 26.0. The first-order valence-electron chi connectivity index (χ1n) is 11.2. The maximum Gasteiger partial charge on any atom is 0.446 e. The zero-order valence-electron chi connectivity index (χ0n) is 19.2. The van der Waals surface area contributed by atoms with Gasteiger partial charge in [-0.05, 0) is 43.5 Å². The average molecular weight is 522 g/mol. The normalized spacial score (nSPS) is 15.0. The van der Waals surface area contributed by atoms with Gasteiger partial charge in [-0.15, -0.1) is 5.10 Å². The van der Waals surface area contributed by atoms with Crippen LogP contribution in [0.3, 0.4) is 0 Å². The number of nitrogens with zero attached hydrogens (tertiary/aromatic N) is 5. The number of rotatable bonds is 4. The van der Waals surface area contributed by atoms with Crippen molar-refractivity contribution in [2.24, 2.45) is 0 Å². The van der Waals surface area contributed by atoms with Crippen molar-refractivity contribution in [3.63, 3.8) is 0 Å². The summed E-state index contributed by atoms with van der Waals surface area (Å²) in [5, 5.41) is 12.4. The van der Waals surface area contributed by atoms with Crippen molar-refractivity contribution in [1.29, 1.82) is 0 Å². The van der Waals surface area contributed by atoms with Crippen LogP contribution in [0.4, 0.5) is 19.0 Å². The molecule has 0 radical (unpaired) electrons. The topological polar surface area (TPSA) is 120 Å². The molecule has 0 spiro atoms. The molecule has 1 atom stereocenters. The monoisotopic (exact) mass is 521 g/mol. The van der Waals surface area contributed by atoms with Gasteiger partial charge in [0.1, 0.15) is 5.56 Å². The molecule has 4 aromatic rings. The van der Waals surface area contributed by atoms with E-state index in [2.05, 4.69) is 20.5 Å². The minimum Gasteiger partial charge on any atom is -0.381 e. The second-order valence-electron chi connectivity index (χ2n) is 8.45. The van der Waals surface area contributed by atoms with Gasteiger partial charge in [-0.2, -0.15) is 18.3 Å². The van der Waals surface area contributed by atoms with E-state index >= 15 is 0 Å². The van der Waals surface area contributed by atoms with E-state index in [9.17, 15) is 18.0 Å². The first-order valence-corrected chi connectivity index (χ1v) is 11.6. The molecule has 3 N–H and O–H groups in total. The summed E-state index contributed by atoms with van der Waals surface area (Å²) in [6, 6.07) is 5.31. The zero-order valence-corrected chi connectivity index (χ0v) is 19.9. The van der Waals surface area contributed by atoms with Gasteiger partial charge in [0.25, 0.3) is 5.91 Å². The average Bonchev–Trinajstić information content (AvgIpc) is 3.58. The number of aromatic nitrogens is 5. The maximum atomic E-state index is 13.1. The lowest BCUT2D eigenvalue weighted by molar-refractivity contribution is -0.156. The quantitative estimate of drug-likeness (QED) is 0.381. The summed E-state index contributed by atoms with van der Waals surface area (Å²) in [7, 11) is 0. The van der Waals surface area contributed by atoms with E-state index in [1.54, 1.807) is 24.7 Å². The highest BCUT2D eigenvalue weighted by Crippen LogP contribution is 2.39. The van der Waals surface area contributed by atoms with Crippen molar-refractivity contribution < 1.29 is 22.8 Å². The molecule has 13 heteroatoms. The third-order valence-electron chi connectivity index (χ3n) is 6.03. The van der Waals surface area contributed by atoms with Crippen LogP contribution in [0.15, 0.2) is 36.8 Å². The van der Waals surface area contributed by atoms with Gasteiger partial charge in [0.05, 0.1) is 28.5 Å². The number of hydrogen-bond acceptors (Lipinski definition) is 6. The predicted octanol–water partition coefficient (Wildman–Crippen LogP) is 4.51. The molecule has 36 heavy (non-hydrogen) atoms. The SMILES string of the molecule is CC(NC(=O)c1c(N)nn2cccnc12)c1cc(Cl)c2ccnn2c1C1CCCC1.O=CC(F)(F)F. The van der Waals surface area contributed by atoms with Crippen molar-refractivity contribution in [2.45, 2.75) is 50.7 Å². The maximum absolute atomic E-state index is 13.1. The number of nitrogens with two attached hydrogens (primary N) is 1. The number of hydrogen-bond donors (Lipinski definition) is 2. The lowest BCUT2D eigenvalue weighted by atomic mass is 9.94. The number of carbonyl (C=O) groups excluding carboxylic acids is 2. The predicted molar refractivity (Wildman–Crippen MR) is 127 cm³/mol. The number of aldehydes is 1. The number of pyridine rings is 1. The molecule has 9 nitrogen and oxygen atoms in total. The highest BCUT2D eigenvalue weighted by atomic mass is 35.5. The van der Waals surface area contributed by atoms with E-state index < -0.39 is 12.5 Å². The summed E-state index contributed by atoms with van der Waals surface area (Å²) in [5.41, 5.74) is 9.69. The van der Waals surface area contributed by atoms with Crippen LogP contribution >= 0.6 is 11.6 Å². The van der Waals surface area contributed by atoms with Crippen molar-refractivity contribution >= 4 is 40.8 Å². The number of carbonyl (C=O) groups is 2. The van der Waals surface area contributed by atoms with E-state index in [4.69, 9.17) is 22.1 Å². The van der Waals surface area contributed by atoms with Gasteiger partial charge in [0.15, 0.2) is 11.5 Å². The van der Waals surface area contributed by atoms with Crippen LogP contribution in [0.2, 0.25) is 5.02 Å². The summed E-state index contributed by atoms with van der Waals surface area (Å²) in [6.07, 6.45) is 3.99. The van der Waals surface area contributed by atoms with Crippen LogP contribution in [0.1, 0.15) is 66.2 Å². The lowest BCUT2D eigenvalue weighted by Crippen LogP contribution is -2.29.